The second-order valence-electron chi connectivity index (χ2n) is 5.97. The summed E-state index contributed by atoms with van der Waals surface area (Å²) in [5.74, 6) is 1.47. The van der Waals surface area contributed by atoms with Gasteiger partial charge in [0.2, 0.25) is 0 Å². The van der Waals surface area contributed by atoms with E-state index in [9.17, 15) is 5.11 Å². The highest BCUT2D eigenvalue weighted by molar-refractivity contribution is 6.31. The number of fused-ring (bicyclic) bond motifs is 3. The predicted molar refractivity (Wildman–Crippen MR) is 80.9 cm³/mol. The van der Waals surface area contributed by atoms with Crippen molar-refractivity contribution in [1.82, 2.24) is 0 Å². The Morgan fingerprint density at radius 2 is 1.80 bits per heavy atom. The van der Waals surface area contributed by atoms with Crippen molar-refractivity contribution in [2.45, 2.75) is 24.9 Å². The van der Waals surface area contributed by atoms with Crippen LogP contribution in [0.5, 0.6) is 0 Å². The van der Waals surface area contributed by atoms with Crippen LogP contribution in [0.3, 0.4) is 0 Å². The zero-order valence-electron chi connectivity index (χ0n) is 11.2. The highest BCUT2D eigenvalue weighted by Gasteiger charge is 2.56. The molecule has 1 N–H and O–H groups in total. The molecule has 20 heavy (non-hydrogen) atoms. The quantitative estimate of drug-likeness (QED) is 0.869. The van der Waals surface area contributed by atoms with Gasteiger partial charge in [-0.1, -0.05) is 54.1 Å². The maximum absolute atomic E-state index is 10.7. The number of aryl methyl sites for hydroxylation is 1. The third-order valence-electron chi connectivity index (χ3n) is 4.98. The van der Waals surface area contributed by atoms with Crippen LogP contribution in [0.25, 0.3) is 0 Å². The third kappa shape index (κ3) is 1.81. The van der Waals surface area contributed by atoms with Crippen molar-refractivity contribution in [3.63, 3.8) is 0 Å². The molecule has 2 heteroatoms. The molecule has 0 aromatic heterocycles. The SMILES string of the molecule is OC(c1ccccc1Cl)C1C2CCc3ccccc3C21. The minimum absolute atomic E-state index is 0.332. The molecule has 102 valence electrons. The standard InChI is InChI=1S/C18H17ClO/c19-15-8-4-3-7-13(15)18(20)17-14-10-9-11-5-1-2-6-12(11)16(14)17/h1-8,14,16-18,20H,9-10H2. The Bertz CT molecular complexity index is 651. The van der Waals surface area contributed by atoms with Crippen molar-refractivity contribution in [1.29, 1.82) is 0 Å². The van der Waals surface area contributed by atoms with Gasteiger partial charge in [-0.2, -0.15) is 0 Å². The molecule has 1 saturated carbocycles. The van der Waals surface area contributed by atoms with E-state index < -0.39 is 6.10 Å². The largest absolute Gasteiger partial charge is 0.388 e. The third-order valence-corrected chi connectivity index (χ3v) is 5.32. The number of halogens is 1. The van der Waals surface area contributed by atoms with Gasteiger partial charge in [0.05, 0.1) is 6.10 Å². The van der Waals surface area contributed by atoms with Gasteiger partial charge in [0.15, 0.2) is 0 Å². The average Bonchev–Trinajstić information content (AvgIpc) is 3.22. The molecule has 4 unspecified atom stereocenters. The summed E-state index contributed by atoms with van der Waals surface area (Å²) < 4.78 is 0. The molecular weight excluding hydrogens is 268 g/mol. The molecule has 2 aromatic rings. The van der Waals surface area contributed by atoms with Crippen molar-refractivity contribution in [2.75, 3.05) is 0 Å². The maximum Gasteiger partial charge on any atom is 0.0841 e. The maximum atomic E-state index is 10.7. The number of rotatable bonds is 2. The fourth-order valence-electron chi connectivity index (χ4n) is 3.97. The molecule has 2 aliphatic rings. The monoisotopic (exact) mass is 284 g/mol. The van der Waals surface area contributed by atoms with E-state index in [2.05, 4.69) is 24.3 Å². The highest BCUT2D eigenvalue weighted by Crippen LogP contribution is 2.64. The van der Waals surface area contributed by atoms with Crippen LogP contribution in [0.2, 0.25) is 5.02 Å². The Morgan fingerprint density at radius 1 is 1.05 bits per heavy atom. The molecular formula is C18H17ClO. The van der Waals surface area contributed by atoms with Crippen LogP contribution < -0.4 is 0 Å². The minimum Gasteiger partial charge on any atom is -0.388 e. The van der Waals surface area contributed by atoms with Crippen molar-refractivity contribution in [2.24, 2.45) is 11.8 Å². The summed E-state index contributed by atoms with van der Waals surface area (Å²) in [6.07, 6.45) is 1.89. The molecule has 2 aromatic carbocycles. The van der Waals surface area contributed by atoms with Gasteiger partial charge < -0.3 is 5.11 Å². The number of aliphatic hydroxyl groups excluding tert-OH is 1. The summed E-state index contributed by atoms with van der Waals surface area (Å²) in [7, 11) is 0. The second kappa shape index (κ2) is 4.61. The van der Waals surface area contributed by atoms with E-state index in [-0.39, 0.29) is 0 Å². The van der Waals surface area contributed by atoms with E-state index in [0.29, 0.717) is 22.8 Å². The smallest absolute Gasteiger partial charge is 0.0841 e. The van der Waals surface area contributed by atoms with Crippen LogP contribution in [0.4, 0.5) is 0 Å². The lowest BCUT2D eigenvalue weighted by Crippen LogP contribution is -2.02. The molecule has 0 heterocycles. The van der Waals surface area contributed by atoms with E-state index in [1.54, 1.807) is 0 Å². The zero-order valence-corrected chi connectivity index (χ0v) is 11.9. The molecule has 0 saturated heterocycles. The van der Waals surface area contributed by atoms with Gasteiger partial charge in [-0.15, -0.1) is 0 Å². The van der Waals surface area contributed by atoms with Gasteiger partial charge in [0.1, 0.15) is 0 Å². The topological polar surface area (TPSA) is 20.2 Å². The van der Waals surface area contributed by atoms with E-state index in [1.807, 2.05) is 24.3 Å². The van der Waals surface area contributed by atoms with Gasteiger partial charge in [-0.25, -0.2) is 0 Å². The zero-order chi connectivity index (χ0) is 13.7. The van der Waals surface area contributed by atoms with Crippen LogP contribution in [-0.2, 0) is 6.42 Å². The molecule has 0 amide bonds. The van der Waals surface area contributed by atoms with Crippen LogP contribution >= 0.6 is 11.6 Å². The lowest BCUT2D eigenvalue weighted by Gasteiger charge is -2.14. The van der Waals surface area contributed by atoms with Crippen LogP contribution in [0.15, 0.2) is 48.5 Å². The lowest BCUT2D eigenvalue weighted by atomic mass is 9.92. The summed E-state index contributed by atoms with van der Waals surface area (Å²) in [4.78, 5) is 0. The van der Waals surface area contributed by atoms with Crippen molar-refractivity contribution >= 4 is 11.6 Å². The number of hydrogen-bond donors (Lipinski definition) is 1. The molecule has 4 rings (SSSR count). The van der Waals surface area contributed by atoms with Crippen molar-refractivity contribution in [3.8, 4) is 0 Å². The Kier molecular flexibility index (Phi) is 2.87. The molecule has 0 bridgehead atoms. The van der Waals surface area contributed by atoms with Crippen LogP contribution in [0, 0.1) is 11.8 Å². The fraction of sp³-hybridized carbons (Fsp3) is 0.333. The normalized spacial score (nSPS) is 28.4. The minimum atomic E-state index is -0.440. The Balaban J connectivity index is 1.66. The summed E-state index contributed by atoms with van der Waals surface area (Å²) >= 11 is 6.23. The molecule has 1 fully saturated rings. The molecule has 2 aliphatic carbocycles. The molecule has 0 radical (unpaired) electrons. The first-order chi connectivity index (χ1) is 9.77. The summed E-state index contributed by atoms with van der Waals surface area (Å²) in [5.41, 5.74) is 3.79. The highest BCUT2D eigenvalue weighted by atomic mass is 35.5. The average molecular weight is 285 g/mol. The van der Waals surface area contributed by atoms with Gasteiger partial charge in [0, 0.05) is 5.02 Å². The van der Waals surface area contributed by atoms with Gasteiger partial charge in [-0.05, 0) is 53.4 Å². The second-order valence-corrected chi connectivity index (χ2v) is 6.38. The summed E-state index contributed by atoms with van der Waals surface area (Å²) in [6, 6.07) is 16.3. The number of hydrogen-bond acceptors (Lipinski definition) is 1. The number of benzene rings is 2. The van der Waals surface area contributed by atoms with E-state index in [4.69, 9.17) is 11.6 Å². The van der Waals surface area contributed by atoms with E-state index >= 15 is 0 Å². The van der Waals surface area contributed by atoms with Crippen molar-refractivity contribution < 1.29 is 5.11 Å². The van der Waals surface area contributed by atoms with Crippen molar-refractivity contribution in [3.05, 3.63) is 70.2 Å². The molecule has 0 aliphatic heterocycles. The van der Waals surface area contributed by atoms with E-state index in [1.165, 1.54) is 17.5 Å². The first kappa shape index (κ1) is 12.4. The van der Waals surface area contributed by atoms with Gasteiger partial charge in [0.25, 0.3) is 0 Å². The summed E-state index contributed by atoms with van der Waals surface area (Å²) in [5, 5.41) is 11.4. The van der Waals surface area contributed by atoms with E-state index in [0.717, 1.165) is 12.0 Å². The Labute approximate surface area is 124 Å². The van der Waals surface area contributed by atoms with Crippen LogP contribution in [0.1, 0.15) is 35.1 Å². The molecule has 4 atom stereocenters. The summed E-state index contributed by atoms with van der Waals surface area (Å²) in [6.45, 7) is 0. The first-order valence-corrected chi connectivity index (χ1v) is 7.65. The first-order valence-electron chi connectivity index (χ1n) is 7.27. The molecule has 1 nitrogen and oxygen atoms in total. The van der Waals surface area contributed by atoms with Gasteiger partial charge >= 0.3 is 0 Å². The fourth-order valence-corrected chi connectivity index (χ4v) is 4.22. The van der Waals surface area contributed by atoms with Crippen LogP contribution in [-0.4, -0.2) is 5.11 Å². The Hall–Kier alpha value is -1.31. The molecule has 0 spiro atoms. The van der Waals surface area contributed by atoms with Gasteiger partial charge in [-0.3, -0.25) is 0 Å². The lowest BCUT2D eigenvalue weighted by molar-refractivity contribution is 0.145. The Morgan fingerprint density at radius 3 is 2.65 bits per heavy atom. The predicted octanol–water partition coefficient (Wildman–Crippen LogP) is 4.35. The number of aliphatic hydroxyl groups is 1.